The number of nitrogens with zero attached hydrogens (tertiary/aromatic N) is 3. The lowest BCUT2D eigenvalue weighted by atomic mass is 10.1. The summed E-state index contributed by atoms with van der Waals surface area (Å²) in [6.07, 6.45) is 5.10. The molecule has 0 N–H and O–H groups in total. The molecule has 0 spiro atoms. The Morgan fingerprint density at radius 1 is 1.00 bits per heavy atom. The monoisotopic (exact) mass is 415 g/mol. The molecule has 27 heavy (non-hydrogen) atoms. The SMILES string of the molecule is O=C(/C(=C1/SCCN1c1ccc(Cl)cc1)n1ccnc1)c1ccc(Cl)cc1. The molecular weight excluding hydrogens is 401 g/mol. The number of aromatic nitrogens is 2. The van der Waals surface area contributed by atoms with Crippen molar-refractivity contribution in [2.45, 2.75) is 0 Å². The fraction of sp³-hybridized carbons (Fsp3) is 0.100. The van der Waals surface area contributed by atoms with Crippen LogP contribution in [0.15, 0.2) is 72.3 Å². The first-order valence-corrected chi connectivity index (χ1v) is 10.1. The molecule has 1 aromatic heterocycles. The summed E-state index contributed by atoms with van der Waals surface area (Å²) in [5.41, 5.74) is 2.16. The van der Waals surface area contributed by atoms with Gasteiger partial charge in [0.1, 0.15) is 10.7 Å². The molecule has 0 bridgehead atoms. The normalized spacial score (nSPS) is 15.9. The predicted molar refractivity (Wildman–Crippen MR) is 112 cm³/mol. The Kier molecular flexibility index (Phi) is 5.25. The number of hydrogen-bond donors (Lipinski definition) is 0. The van der Waals surface area contributed by atoms with Crippen molar-refractivity contribution in [1.82, 2.24) is 9.55 Å². The summed E-state index contributed by atoms with van der Waals surface area (Å²) in [6, 6.07) is 14.6. The Bertz CT molecular complexity index is 983. The summed E-state index contributed by atoms with van der Waals surface area (Å²) in [6.45, 7) is 0.813. The molecule has 0 saturated carbocycles. The quantitative estimate of drug-likeness (QED) is 0.419. The minimum Gasteiger partial charge on any atom is -0.334 e. The number of hydrogen-bond acceptors (Lipinski definition) is 4. The summed E-state index contributed by atoms with van der Waals surface area (Å²) >= 11 is 13.7. The van der Waals surface area contributed by atoms with E-state index in [1.807, 2.05) is 24.3 Å². The lowest BCUT2D eigenvalue weighted by Gasteiger charge is -2.22. The van der Waals surface area contributed by atoms with Crippen molar-refractivity contribution in [3.63, 3.8) is 0 Å². The van der Waals surface area contributed by atoms with E-state index in [0.717, 1.165) is 23.0 Å². The van der Waals surface area contributed by atoms with Gasteiger partial charge in [-0.25, -0.2) is 4.98 Å². The molecule has 7 heteroatoms. The summed E-state index contributed by atoms with van der Waals surface area (Å²) in [5.74, 6) is 0.817. The summed E-state index contributed by atoms with van der Waals surface area (Å²) in [5, 5.41) is 2.18. The maximum atomic E-state index is 13.4. The predicted octanol–water partition coefficient (Wildman–Crippen LogP) is 5.45. The van der Waals surface area contributed by atoms with Gasteiger partial charge in [0.2, 0.25) is 5.78 Å². The molecular formula is C20H15Cl2N3OS. The van der Waals surface area contributed by atoms with Crippen LogP contribution in [0.3, 0.4) is 0 Å². The molecule has 0 atom stereocenters. The first-order chi connectivity index (χ1) is 13.1. The van der Waals surface area contributed by atoms with Gasteiger partial charge < -0.3 is 9.47 Å². The molecule has 1 aliphatic rings. The number of carbonyl (C=O) groups excluding carboxylic acids is 1. The highest BCUT2D eigenvalue weighted by molar-refractivity contribution is 8.03. The molecule has 0 radical (unpaired) electrons. The van der Waals surface area contributed by atoms with E-state index in [9.17, 15) is 4.79 Å². The Morgan fingerprint density at radius 3 is 2.30 bits per heavy atom. The van der Waals surface area contributed by atoms with Gasteiger partial charge in [-0.3, -0.25) is 4.79 Å². The number of thioether (sulfide) groups is 1. The van der Waals surface area contributed by atoms with Crippen LogP contribution in [-0.4, -0.2) is 27.6 Å². The largest absolute Gasteiger partial charge is 0.334 e. The third kappa shape index (κ3) is 3.76. The number of rotatable bonds is 4. The zero-order valence-corrected chi connectivity index (χ0v) is 16.5. The van der Waals surface area contributed by atoms with E-state index in [1.165, 1.54) is 0 Å². The van der Waals surface area contributed by atoms with Crippen LogP contribution >= 0.6 is 35.0 Å². The van der Waals surface area contributed by atoms with Crippen LogP contribution in [0.4, 0.5) is 5.69 Å². The van der Waals surface area contributed by atoms with Crippen molar-refractivity contribution in [2.24, 2.45) is 0 Å². The second-order valence-corrected chi connectivity index (χ2v) is 7.89. The Labute approximate surface area is 171 Å². The smallest absolute Gasteiger partial charge is 0.212 e. The number of anilines is 1. The minimum atomic E-state index is -0.0759. The minimum absolute atomic E-state index is 0.0759. The molecule has 2 heterocycles. The molecule has 4 rings (SSSR count). The van der Waals surface area contributed by atoms with Gasteiger partial charge in [0.05, 0.1) is 6.33 Å². The van der Waals surface area contributed by atoms with Crippen LogP contribution in [0.25, 0.3) is 5.70 Å². The fourth-order valence-electron chi connectivity index (χ4n) is 2.93. The average Bonchev–Trinajstić information content (AvgIpc) is 3.36. The second kappa shape index (κ2) is 7.80. The maximum Gasteiger partial charge on any atom is 0.212 e. The molecule has 0 amide bonds. The van der Waals surface area contributed by atoms with E-state index in [1.54, 1.807) is 59.3 Å². The lowest BCUT2D eigenvalue weighted by Crippen LogP contribution is -2.21. The Hall–Kier alpha value is -2.21. The Morgan fingerprint density at radius 2 is 1.67 bits per heavy atom. The van der Waals surface area contributed by atoms with E-state index < -0.39 is 0 Å². The van der Waals surface area contributed by atoms with Crippen molar-refractivity contribution in [3.05, 3.63) is 87.9 Å². The summed E-state index contributed by atoms with van der Waals surface area (Å²) in [4.78, 5) is 19.6. The Balaban J connectivity index is 1.83. The highest BCUT2D eigenvalue weighted by Gasteiger charge is 2.28. The number of allylic oxidation sites excluding steroid dienone is 1. The molecule has 2 aromatic carbocycles. The van der Waals surface area contributed by atoms with E-state index in [-0.39, 0.29) is 5.78 Å². The van der Waals surface area contributed by atoms with Crippen LogP contribution in [-0.2, 0) is 0 Å². The number of Topliss-reactive ketones (excluding diaryl/α,β-unsaturated/α-hetero) is 1. The van der Waals surface area contributed by atoms with E-state index in [4.69, 9.17) is 23.2 Å². The highest BCUT2D eigenvalue weighted by atomic mass is 35.5. The number of carbonyl (C=O) groups is 1. The molecule has 136 valence electrons. The standard InChI is InChI=1S/C20H15Cl2N3OS/c21-15-3-1-14(2-4-15)19(26)18(24-10-9-23-13-24)20-25(11-12-27-20)17-7-5-16(22)6-8-17/h1-10,13H,11-12H2/b20-18-. The van der Waals surface area contributed by atoms with Crippen molar-refractivity contribution in [3.8, 4) is 0 Å². The molecule has 0 unspecified atom stereocenters. The molecule has 0 aliphatic carbocycles. The summed E-state index contributed by atoms with van der Waals surface area (Å²) in [7, 11) is 0. The zero-order chi connectivity index (χ0) is 18.8. The molecule has 1 saturated heterocycles. The van der Waals surface area contributed by atoms with Gasteiger partial charge >= 0.3 is 0 Å². The van der Waals surface area contributed by atoms with Crippen molar-refractivity contribution >= 4 is 52.1 Å². The van der Waals surface area contributed by atoms with E-state index in [2.05, 4.69) is 9.88 Å². The topological polar surface area (TPSA) is 38.1 Å². The van der Waals surface area contributed by atoms with Crippen molar-refractivity contribution in [1.29, 1.82) is 0 Å². The number of imidazole rings is 1. The lowest BCUT2D eigenvalue weighted by molar-refractivity contribution is 0.105. The van der Waals surface area contributed by atoms with Crippen molar-refractivity contribution < 1.29 is 4.79 Å². The van der Waals surface area contributed by atoms with Crippen LogP contribution in [0.2, 0.25) is 10.0 Å². The van der Waals surface area contributed by atoms with E-state index >= 15 is 0 Å². The third-order valence-corrected chi connectivity index (χ3v) is 5.80. The van der Waals surface area contributed by atoms with Gasteiger partial charge in [0, 0.05) is 46.0 Å². The molecule has 1 aliphatic heterocycles. The van der Waals surface area contributed by atoms with Gasteiger partial charge in [0.15, 0.2) is 0 Å². The van der Waals surface area contributed by atoms with Gasteiger partial charge in [-0.2, -0.15) is 0 Å². The van der Waals surface area contributed by atoms with Crippen molar-refractivity contribution in [2.75, 3.05) is 17.2 Å². The number of ketones is 1. The molecule has 3 aromatic rings. The van der Waals surface area contributed by atoms with Crippen LogP contribution in [0.5, 0.6) is 0 Å². The summed E-state index contributed by atoms with van der Waals surface area (Å²) < 4.78 is 1.77. The number of benzene rings is 2. The van der Waals surface area contributed by atoms with Gasteiger partial charge in [-0.1, -0.05) is 23.2 Å². The first kappa shape index (κ1) is 18.2. The van der Waals surface area contributed by atoms with Crippen LogP contribution in [0, 0.1) is 0 Å². The van der Waals surface area contributed by atoms with Crippen LogP contribution < -0.4 is 4.90 Å². The van der Waals surface area contributed by atoms with Gasteiger partial charge in [-0.15, -0.1) is 11.8 Å². The molecule has 4 nitrogen and oxygen atoms in total. The van der Waals surface area contributed by atoms with Gasteiger partial charge in [-0.05, 0) is 48.5 Å². The first-order valence-electron chi connectivity index (χ1n) is 8.32. The number of halogens is 2. The van der Waals surface area contributed by atoms with Gasteiger partial charge in [0.25, 0.3) is 0 Å². The average molecular weight is 416 g/mol. The highest BCUT2D eigenvalue weighted by Crippen LogP contribution is 2.38. The molecule has 1 fully saturated rings. The zero-order valence-electron chi connectivity index (χ0n) is 14.2. The van der Waals surface area contributed by atoms with E-state index in [0.29, 0.717) is 21.3 Å². The third-order valence-electron chi connectivity index (χ3n) is 4.22. The fourth-order valence-corrected chi connectivity index (χ4v) is 4.34. The van der Waals surface area contributed by atoms with Crippen LogP contribution in [0.1, 0.15) is 10.4 Å². The maximum absolute atomic E-state index is 13.4. The second-order valence-electron chi connectivity index (χ2n) is 5.94.